The Balaban J connectivity index is 2.03. The maximum absolute atomic E-state index is 12.3. The number of benzene rings is 2. The quantitative estimate of drug-likeness (QED) is 0.609. The molecule has 1 amide bonds. The number of amides is 1. The van der Waals surface area contributed by atoms with Crippen LogP contribution in [-0.2, 0) is 10.2 Å². The number of nitrogens with one attached hydrogen (secondary N) is 2. The lowest BCUT2D eigenvalue weighted by Gasteiger charge is -2.28. The predicted molar refractivity (Wildman–Crippen MR) is 125 cm³/mol. The SMILES string of the molecule is CN(C)C(=O)c1cccc(NC2=NS(=O)(=O)NC2=NC(c2ccccc2)C(C)(C)C)c1O. The molecule has 0 saturated heterocycles. The number of rotatable bonds is 4. The highest BCUT2D eigenvalue weighted by Crippen LogP contribution is 2.36. The van der Waals surface area contributed by atoms with Crippen LogP contribution >= 0.6 is 0 Å². The topological polar surface area (TPSA) is 123 Å². The first-order valence-corrected chi connectivity index (χ1v) is 11.4. The molecule has 32 heavy (non-hydrogen) atoms. The number of para-hydroxylation sites is 1. The minimum atomic E-state index is -4.00. The lowest BCUT2D eigenvalue weighted by atomic mass is 9.83. The van der Waals surface area contributed by atoms with Gasteiger partial charge in [-0.15, -0.1) is 4.40 Å². The highest BCUT2D eigenvalue weighted by Gasteiger charge is 2.32. The summed E-state index contributed by atoms with van der Waals surface area (Å²) in [7, 11) is -0.863. The second kappa shape index (κ2) is 8.62. The predicted octanol–water partition coefficient (Wildman–Crippen LogP) is 2.94. The third kappa shape index (κ3) is 5.08. The summed E-state index contributed by atoms with van der Waals surface area (Å²) in [5.41, 5.74) is 0.799. The maximum Gasteiger partial charge on any atom is 0.345 e. The van der Waals surface area contributed by atoms with Crippen molar-refractivity contribution in [1.29, 1.82) is 0 Å². The lowest BCUT2D eigenvalue weighted by molar-refractivity contribution is 0.0824. The Morgan fingerprint density at radius 2 is 1.78 bits per heavy atom. The van der Waals surface area contributed by atoms with Crippen molar-refractivity contribution in [3.63, 3.8) is 0 Å². The van der Waals surface area contributed by atoms with Crippen molar-refractivity contribution < 1.29 is 18.3 Å². The van der Waals surface area contributed by atoms with Crippen LogP contribution in [0.15, 0.2) is 57.9 Å². The second-order valence-corrected chi connectivity index (χ2v) is 10.0. The van der Waals surface area contributed by atoms with Gasteiger partial charge in [0.25, 0.3) is 5.91 Å². The van der Waals surface area contributed by atoms with Gasteiger partial charge < -0.3 is 15.3 Å². The Labute approximate surface area is 188 Å². The number of nitrogens with zero attached hydrogens (tertiary/aromatic N) is 3. The van der Waals surface area contributed by atoms with E-state index in [1.807, 2.05) is 51.1 Å². The van der Waals surface area contributed by atoms with E-state index in [0.29, 0.717) is 0 Å². The van der Waals surface area contributed by atoms with Crippen LogP contribution in [0.4, 0.5) is 5.69 Å². The van der Waals surface area contributed by atoms with Gasteiger partial charge in [-0.3, -0.25) is 9.79 Å². The molecule has 2 aromatic rings. The van der Waals surface area contributed by atoms with E-state index in [0.717, 1.165) is 5.56 Å². The van der Waals surface area contributed by atoms with Crippen molar-refractivity contribution in [3.05, 3.63) is 59.7 Å². The molecule has 0 radical (unpaired) electrons. The molecule has 1 heterocycles. The monoisotopic (exact) mass is 457 g/mol. The van der Waals surface area contributed by atoms with Crippen LogP contribution in [0.1, 0.15) is 42.7 Å². The van der Waals surface area contributed by atoms with Crippen molar-refractivity contribution in [2.75, 3.05) is 19.4 Å². The number of anilines is 1. The van der Waals surface area contributed by atoms with E-state index in [4.69, 9.17) is 0 Å². The van der Waals surface area contributed by atoms with E-state index >= 15 is 0 Å². The molecule has 0 aromatic heterocycles. The van der Waals surface area contributed by atoms with E-state index in [2.05, 4.69) is 19.4 Å². The fraction of sp³-hybridized carbons (Fsp3) is 0.318. The van der Waals surface area contributed by atoms with Crippen LogP contribution in [0.3, 0.4) is 0 Å². The van der Waals surface area contributed by atoms with Crippen molar-refractivity contribution in [3.8, 4) is 5.75 Å². The number of amidine groups is 2. The molecular weight excluding hydrogens is 430 g/mol. The number of hydrogen-bond donors (Lipinski definition) is 3. The van der Waals surface area contributed by atoms with Gasteiger partial charge in [-0.1, -0.05) is 57.2 Å². The third-order valence-corrected chi connectivity index (χ3v) is 5.66. The lowest BCUT2D eigenvalue weighted by Crippen LogP contribution is -2.32. The number of hydrogen-bond acceptors (Lipinski definition) is 6. The van der Waals surface area contributed by atoms with Crippen LogP contribution in [0.5, 0.6) is 5.75 Å². The van der Waals surface area contributed by atoms with E-state index < -0.39 is 16.1 Å². The van der Waals surface area contributed by atoms with Crippen LogP contribution in [-0.4, -0.2) is 50.1 Å². The van der Waals surface area contributed by atoms with Crippen LogP contribution in [0.2, 0.25) is 0 Å². The molecule has 0 fully saturated rings. The molecule has 9 nitrogen and oxygen atoms in total. The smallest absolute Gasteiger partial charge is 0.345 e. The minimum Gasteiger partial charge on any atom is -0.505 e. The third-order valence-electron chi connectivity index (χ3n) is 4.78. The summed E-state index contributed by atoms with van der Waals surface area (Å²) in [6, 6.07) is 13.7. The van der Waals surface area contributed by atoms with Gasteiger partial charge in [0.2, 0.25) is 0 Å². The summed E-state index contributed by atoms with van der Waals surface area (Å²) in [5.74, 6) is -0.749. The summed E-state index contributed by atoms with van der Waals surface area (Å²) < 4.78 is 30.5. The van der Waals surface area contributed by atoms with Crippen molar-refractivity contribution in [2.45, 2.75) is 26.8 Å². The van der Waals surface area contributed by atoms with Crippen molar-refractivity contribution in [1.82, 2.24) is 9.62 Å². The van der Waals surface area contributed by atoms with Crippen molar-refractivity contribution in [2.24, 2.45) is 14.8 Å². The number of phenols is 1. The highest BCUT2D eigenvalue weighted by atomic mass is 32.2. The molecule has 1 aliphatic rings. The molecule has 1 aliphatic heterocycles. The molecule has 3 rings (SSSR count). The summed E-state index contributed by atoms with van der Waals surface area (Å²) >= 11 is 0. The molecule has 0 spiro atoms. The van der Waals surface area contributed by atoms with Gasteiger partial charge in [-0.2, -0.15) is 8.42 Å². The van der Waals surface area contributed by atoms with Gasteiger partial charge in [0.05, 0.1) is 17.3 Å². The van der Waals surface area contributed by atoms with E-state index in [-0.39, 0.29) is 40.1 Å². The largest absolute Gasteiger partial charge is 0.505 e. The normalized spacial score (nSPS) is 17.4. The summed E-state index contributed by atoms with van der Waals surface area (Å²) in [5, 5.41) is 13.4. The maximum atomic E-state index is 12.3. The van der Waals surface area contributed by atoms with Gasteiger partial charge in [0.15, 0.2) is 17.4 Å². The van der Waals surface area contributed by atoms with Crippen molar-refractivity contribution >= 4 is 33.5 Å². The average molecular weight is 458 g/mol. The highest BCUT2D eigenvalue weighted by molar-refractivity contribution is 7.89. The zero-order valence-corrected chi connectivity index (χ0v) is 19.4. The standard InChI is InChI=1S/C22H27N5O4S/c1-22(2,3)18(14-10-7-6-8-11-14)24-20-19(25-32(30,31)26-20)23-16-13-9-12-15(17(16)28)21(29)27(4)5/h6-13,18,28H,1-5H3,(H,23,25)(H,24,26). The Morgan fingerprint density at radius 3 is 2.38 bits per heavy atom. The zero-order chi connectivity index (χ0) is 23.7. The molecule has 10 heteroatoms. The average Bonchev–Trinajstić information content (AvgIpc) is 3.00. The Bertz CT molecular complexity index is 1180. The Hall–Kier alpha value is -3.40. The van der Waals surface area contributed by atoms with Crippen LogP contribution < -0.4 is 10.0 Å². The first-order chi connectivity index (χ1) is 14.9. The molecule has 2 aromatic carbocycles. The fourth-order valence-corrected chi connectivity index (χ4v) is 4.06. The molecule has 1 atom stereocenters. The first kappa shape index (κ1) is 23.3. The number of aliphatic imine (C=N–C) groups is 1. The fourth-order valence-electron chi connectivity index (χ4n) is 3.24. The number of carbonyl (C=O) groups is 1. The molecule has 0 aliphatic carbocycles. The summed E-state index contributed by atoms with van der Waals surface area (Å²) in [4.78, 5) is 18.3. The minimum absolute atomic E-state index is 0.0255. The van der Waals surface area contributed by atoms with Gasteiger partial charge in [-0.25, -0.2) is 4.72 Å². The van der Waals surface area contributed by atoms with E-state index in [1.165, 1.54) is 17.0 Å². The molecule has 3 N–H and O–H groups in total. The number of carbonyl (C=O) groups excluding carboxylic acids is 1. The summed E-state index contributed by atoms with van der Waals surface area (Å²) in [6.45, 7) is 6.01. The van der Waals surface area contributed by atoms with Crippen LogP contribution in [0.25, 0.3) is 0 Å². The zero-order valence-electron chi connectivity index (χ0n) is 18.6. The molecular formula is C22H27N5O4S. The Morgan fingerprint density at radius 1 is 1.12 bits per heavy atom. The van der Waals surface area contributed by atoms with Gasteiger partial charge >= 0.3 is 10.2 Å². The Kier molecular flexibility index (Phi) is 6.27. The van der Waals surface area contributed by atoms with E-state index in [9.17, 15) is 18.3 Å². The molecule has 0 bridgehead atoms. The van der Waals surface area contributed by atoms with Crippen LogP contribution in [0, 0.1) is 5.41 Å². The molecule has 170 valence electrons. The second-order valence-electron chi connectivity index (χ2n) is 8.70. The van der Waals surface area contributed by atoms with Gasteiger partial charge in [0, 0.05) is 14.1 Å². The van der Waals surface area contributed by atoms with Gasteiger partial charge in [-0.05, 0) is 23.1 Å². The molecule has 1 unspecified atom stereocenters. The summed E-state index contributed by atoms with van der Waals surface area (Å²) in [6.07, 6.45) is 0. The molecule has 0 saturated carbocycles. The number of phenolic OH excluding ortho intramolecular Hbond substituents is 1. The number of aromatic hydroxyl groups is 1. The van der Waals surface area contributed by atoms with Gasteiger partial charge in [0.1, 0.15) is 0 Å². The first-order valence-electron chi connectivity index (χ1n) is 9.95. The van der Waals surface area contributed by atoms with E-state index in [1.54, 1.807) is 20.2 Å².